The lowest BCUT2D eigenvalue weighted by Crippen LogP contribution is -2.65. The minimum atomic E-state index is -0.173. The zero-order chi connectivity index (χ0) is 18.9. The van der Waals surface area contributed by atoms with Gasteiger partial charge in [0.1, 0.15) is 6.04 Å². The molecule has 0 radical (unpaired) electrons. The molecule has 0 N–H and O–H groups in total. The van der Waals surface area contributed by atoms with Crippen LogP contribution in [-0.2, 0) is 4.79 Å². The number of hydrogen-bond acceptors (Lipinski definition) is 5. The number of aromatic nitrogens is 1. The van der Waals surface area contributed by atoms with Gasteiger partial charge in [0, 0.05) is 37.6 Å². The molecule has 1 atom stereocenters. The maximum absolute atomic E-state index is 13.7. The van der Waals surface area contributed by atoms with Crippen LogP contribution >= 0.6 is 0 Å². The van der Waals surface area contributed by atoms with Gasteiger partial charge in [-0.3, -0.25) is 19.6 Å². The molecule has 0 aliphatic carbocycles. The zero-order valence-corrected chi connectivity index (χ0v) is 16.8. The van der Waals surface area contributed by atoms with Gasteiger partial charge in [0.05, 0.1) is 0 Å². The van der Waals surface area contributed by atoms with Crippen molar-refractivity contribution in [1.82, 2.24) is 24.6 Å². The molecular formula is C21H33N5O. The molecule has 3 saturated heterocycles. The van der Waals surface area contributed by atoms with E-state index in [9.17, 15) is 4.79 Å². The second-order valence-electron chi connectivity index (χ2n) is 8.64. The van der Waals surface area contributed by atoms with E-state index < -0.39 is 0 Å². The Hall–Kier alpha value is -1.50. The molecule has 0 saturated carbocycles. The molecule has 4 rings (SSSR count). The van der Waals surface area contributed by atoms with Gasteiger partial charge in [-0.05, 0) is 77.6 Å². The van der Waals surface area contributed by atoms with Crippen molar-refractivity contribution in [2.24, 2.45) is 0 Å². The van der Waals surface area contributed by atoms with E-state index in [1.54, 1.807) is 6.20 Å². The molecule has 3 aliphatic rings. The number of piperidine rings is 1. The van der Waals surface area contributed by atoms with Gasteiger partial charge >= 0.3 is 0 Å². The number of hydrogen-bond donors (Lipinski definition) is 0. The summed E-state index contributed by atoms with van der Waals surface area (Å²) in [5.74, 6) is 0.274. The molecule has 1 aromatic heterocycles. The van der Waals surface area contributed by atoms with E-state index in [0.29, 0.717) is 0 Å². The predicted octanol–water partition coefficient (Wildman–Crippen LogP) is 1.46. The lowest BCUT2D eigenvalue weighted by molar-refractivity contribution is -0.143. The van der Waals surface area contributed by atoms with Crippen LogP contribution in [0, 0.1) is 0 Å². The SMILES string of the molecule is CN1CCC2(CC1)CN(C(=O)[C@@H](c1cccnc1)N1CCCC1)CCN2C. The highest BCUT2D eigenvalue weighted by Gasteiger charge is 2.44. The van der Waals surface area contributed by atoms with Crippen LogP contribution in [-0.4, -0.2) is 95.9 Å². The van der Waals surface area contributed by atoms with Crippen molar-refractivity contribution in [2.75, 3.05) is 59.9 Å². The number of carbonyl (C=O) groups excluding carboxylic acids is 1. The first-order valence-corrected chi connectivity index (χ1v) is 10.4. The summed E-state index contributed by atoms with van der Waals surface area (Å²) in [5.41, 5.74) is 1.19. The monoisotopic (exact) mass is 371 g/mol. The predicted molar refractivity (Wildman–Crippen MR) is 106 cm³/mol. The second kappa shape index (κ2) is 7.86. The molecule has 0 aromatic carbocycles. The van der Waals surface area contributed by atoms with Crippen LogP contribution in [0.2, 0.25) is 0 Å². The number of piperazine rings is 1. The van der Waals surface area contributed by atoms with Crippen molar-refractivity contribution < 1.29 is 4.79 Å². The van der Waals surface area contributed by atoms with E-state index in [1.165, 1.54) is 12.8 Å². The lowest BCUT2D eigenvalue weighted by Gasteiger charge is -2.53. The molecule has 3 fully saturated rings. The van der Waals surface area contributed by atoms with Crippen molar-refractivity contribution >= 4 is 5.91 Å². The Morgan fingerprint density at radius 2 is 1.81 bits per heavy atom. The Morgan fingerprint density at radius 3 is 2.48 bits per heavy atom. The molecule has 4 heterocycles. The maximum atomic E-state index is 13.7. The molecule has 27 heavy (non-hydrogen) atoms. The van der Waals surface area contributed by atoms with Gasteiger partial charge in [0.2, 0.25) is 5.91 Å². The third-order valence-electron chi connectivity index (χ3n) is 6.97. The average molecular weight is 372 g/mol. The van der Waals surface area contributed by atoms with Crippen molar-refractivity contribution in [3.8, 4) is 0 Å². The van der Waals surface area contributed by atoms with E-state index in [0.717, 1.165) is 64.2 Å². The fourth-order valence-electron chi connectivity index (χ4n) is 5.05. The lowest BCUT2D eigenvalue weighted by atomic mass is 9.83. The highest BCUT2D eigenvalue weighted by Crippen LogP contribution is 2.34. The normalized spacial score (nSPS) is 25.8. The Kier molecular flexibility index (Phi) is 5.48. The fourth-order valence-corrected chi connectivity index (χ4v) is 5.05. The first-order chi connectivity index (χ1) is 13.1. The van der Waals surface area contributed by atoms with Crippen LogP contribution in [0.5, 0.6) is 0 Å². The molecule has 3 aliphatic heterocycles. The van der Waals surface area contributed by atoms with Crippen LogP contribution in [0.3, 0.4) is 0 Å². The van der Waals surface area contributed by atoms with Crippen molar-refractivity contribution in [3.05, 3.63) is 30.1 Å². The summed E-state index contributed by atoms with van der Waals surface area (Å²) in [7, 11) is 4.44. The summed E-state index contributed by atoms with van der Waals surface area (Å²) in [6.45, 7) is 6.91. The molecule has 1 amide bonds. The fraction of sp³-hybridized carbons (Fsp3) is 0.714. The highest BCUT2D eigenvalue weighted by molar-refractivity contribution is 5.83. The zero-order valence-electron chi connectivity index (χ0n) is 16.8. The van der Waals surface area contributed by atoms with E-state index in [1.807, 2.05) is 12.3 Å². The molecular weight excluding hydrogens is 338 g/mol. The highest BCUT2D eigenvalue weighted by atomic mass is 16.2. The molecule has 0 bridgehead atoms. The van der Waals surface area contributed by atoms with Crippen molar-refractivity contribution in [2.45, 2.75) is 37.3 Å². The van der Waals surface area contributed by atoms with Gasteiger partial charge in [-0.1, -0.05) is 6.07 Å². The van der Waals surface area contributed by atoms with E-state index >= 15 is 0 Å². The van der Waals surface area contributed by atoms with Crippen LogP contribution in [0.25, 0.3) is 0 Å². The van der Waals surface area contributed by atoms with Gasteiger partial charge in [-0.25, -0.2) is 0 Å². The van der Waals surface area contributed by atoms with Gasteiger partial charge in [0.25, 0.3) is 0 Å². The van der Waals surface area contributed by atoms with Gasteiger partial charge in [0.15, 0.2) is 0 Å². The Bertz CT molecular complexity index is 637. The summed E-state index contributed by atoms with van der Waals surface area (Å²) >= 11 is 0. The van der Waals surface area contributed by atoms with E-state index in [-0.39, 0.29) is 17.5 Å². The van der Waals surface area contributed by atoms with Crippen molar-refractivity contribution in [1.29, 1.82) is 0 Å². The first-order valence-electron chi connectivity index (χ1n) is 10.4. The van der Waals surface area contributed by atoms with Crippen LogP contribution in [0.15, 0.2) is 24.5 Å². The number of nitrogens with zero attached hydrogens (tertiary/aromatic N) is 5. The summed E-state index contributed by atoms with van der Waals surface area (Å²) in [4.78, 5) is 27.4. The molecule has 6 nitrogen and oxygen atoms in total. The number of amides is 1. The summed E-state index contributed by atoms with van der Waals surface area (Å²) in [5, 5.41) is 0. The number of likely N-dealkylation sites (N-methyl/N-ethyl adjacent to an activating group) is 1. The number of rotatable bonds is 3. The van der Waals surface area contributed by atoms with E-state index in [2.05, 4.69) is 44.7 Å². The largest absolute Gasteiger partial charge is 0.338 e. The third-order valence-corrected chi connectivity index (χ3v) is 6.97. The number of carbonyl (C=O) groups is 1. The molecule has 6 heteroatoms. The average Bonchev–Trinajstić information content (AvgIpc) is 3.21. The number of pyridine rings is 1. The summed E-state index contributed by atoms with van der Waals surface area (Å²) in [6, 6.07) is 3.84. The third kappa shape index (κ3) is 3.75. The van der Waals surface area contributed by atoms with Gasteiger partial charge in [-0.15, -0.1) is 0 Å². The standard InChI is InChI=1S/C21H33N5O/c1-23-12-7-21(8-13-23)17-26(15-14-24(21)2)20(27)19(25-10-3-4-11-25)18-6-5-9-22-16-18/h5-6,9,16,19H,3-4,7-8,10-15,17H2,1-2H3/t19-/m1/s1. The smallest absolute Gasteiger partial charge is 0.244 e. The maximum Gasteiger partial charge on any atom is 0.244 e. The first kappa shape index (κ1) is 18.8. The molecule has 0 unspecified atom stereocenters. The quantitative estimate of drug-likeness (QED) is 0.805. The summed E-state index contributed by atoms with van der Waals surface area (Å²) in [6.07, 6.45) is 8.32. The molecule has 148 valence electrons. The van der Waals surface area contributed by atoms with Crippen LogP contribution in [0.1, 0.15) is 37.3 Å². The topological polar surface area (TPSA) is 42.9 Å². The van der Waals surface area contributed by atoms with E-state index in [4.69, 9.17) is 0 Å². The Labute approximate surface area is 163 Å². The minimum Gasteiger partial charge on any atom is -0.338 e. The van der Waals surface area contributed by atoms with Gasteiger partial charge < -0.3 is 9.80 Å². The van der Waals surface area contributed by atoms with Crippen molar-refractivity contribution in [3.63, 3.8) is 0 Å². The van der Waals surface area contributed by atoms with Crippen LogP contribution in [0.4, 0.5) is 0 Å². The summed E-state index contributed by atoms with van der Waals surface area (Å²) < 4.78 is 0. The second-order valence-corrected chi connectivity index (χ2v) is 8.64. The Morgan fingerprint density at radius 1 is 1.07 bits per heavy atom. The number of likely N-dealkylation sites (tertiary alicyclic amines) is 2. The molecule has 1 aromatic rings. The Balaban J connectivity index is 1.56. The van der Waals surface area contributed by atoms with Crippen LogP contribution < -0.4 is 0 Å². The van der Waals surface area contributed by atoms with Gasteiger partial charge in [-0.2, -0.15) is 0 Å². The molecule has 1 spiro atoms. The minimum absolute atomic E-state index is 0.144.